The fourth-order valence-electron chi connectivity index (χ4n) is 2.36. The highest BCUT2D eigenvalue weighted by atomic mass is 16.4. The lowest BCUT2D eigenvalue weighted by molar-refractivity contribution is -0.138. The minimum atomic E-state index is -0.824. The van der Waals surface area contributed by atoms with Crippen LogP contribution in [0.25, 0.3) is 10.9 Å². The Kier molecular flexibility index (Phi) is 4.98. The van der Waals surface area contributed by atoms with Crippen molar-refractivity contribution in [3.05, 3.63) is 36.0 Å². The van der Waals surface area contributed by atoms with Crippen molar-refractivity contribution in [3.63, 3.8) is 0 Å². The summed E-state index contributed by atoms with van der Waals surface area (Å²) < 4.78 is 0. The second-order valence-electron chi connectivity index (χ2n) is 5.17. The quantitative estimate of drug-likeness (QED) is 0.821. The first-order chi connectivity index (χ1) is 10.1. The van der Waals surface area contributed by atoms with Crippen LogP contribution in [-0.2, 0) is 16.0 Å². The number of aromatic nitrogens is 1. The summed E-state index contributed by atoms with van der Waals surface area (Å²) in [5.74, 6) is -0.777. The third-order valence-electron chi connectivity index (χ3n) is 3.59. The van der Waals surface area contributed by atoms with E-state index in [1.54, 1.807) is 11.9 Å². The Morgan fingerprint density at radius 3 is 2.76 bits per heavy atom. The summed E-state index contributed by atoms with van der Waals surface area (Å²) in [7, 11) is 1.72. The molecule has 0 saturated carbocycles. The molecule has 2 N–H and O–H groups in total. The standard InChI is InChI=1S/C16H20N2O3/c1-18(10-4-7-16(20)21)15(19)9-8-12-11-17-14-6-3-2-5-13(12)14/h2-3,5-6,11,17H,4,7-10H2,1H3,(H,20,21). The van der Waals surface area contributed by atoms with Gasteiger partial charge in [-0.15, -0.1) is 0 Å². The summed E-state index contributed by atoms with van der Waals surface area (Å²) in [5, 5.41) is 9.74. The van der Waals surface area contributed by atoms with Gasteiger partial charge in [0.15, 0.2) is 0 Å². The van der Waals surface area contributed by atoms with Crippen molar-refractivity contribution in [1.82, 2.24) is 9.88 Å². The van der Waals surface area contributed by atoms with Gasteiger partial charge in [0, 0.05) is 43.5 Å². The molecule has 2 aromatic rings. The molecule has 0 fully saturated rings. The van der Waals surface area contributed by atoms with E-state index in [1.165, 1.54) is 0 Å². The van der Waals surface area contributed by atoms with Crippen LogP contribution < -0.4 is 0 Å². The lowest BCUT2D eigenvalue weighted by Crippen LogP contribution is -2.28. The van der Waals surface area contributed by atoms with Crippen molar-refractivity contribution in [2.75, 3.05) is 13.6 Å². The fraction of sp³-hybridized carbons (Fsp3) is 0.375. The number of benzene rings is 1. The molecule has 112 valence electrons. The summed E-state index contributed by atoms with van der Waals surface area (Å²) in [6, 6.07) is 8.02. The highest BCUT2D eigenvalue weighted by Crippen LogP contribution is 2.19. The zero-order valence-electron chi connectivity index (χ0n) is 12.1. The number of para-hydroxylation sites is 1. The molecule has 0 radical (unpaired) electrons. The van der Waals surface area contributed by atoms with Gasteiger partial charge >= 0.3 is 5.97 Å². The van der Waals surface area contributed by atoms with E-state index in [-0.39, 0.29) is 12.3 Å². The number of hydrogen-bond donors (Lipinski definition) is 2. The number of hydrogen-bond acceptors (Lipinski definition) is 2. The van der Waals surface area contributed by atoms with E-state index < -0.39 is 5.97 Å². The predicted octanol–water partition coefficient (Wildman–Crippen LogP) is 2.42. The average molecular weight is 288 g/mol. The molecule has 21 heavy (non-hydrogen) atoms. The molecular formula is C16H20N2O3. The molecule has 5 heteroatoms. The number of fused-ring (bicyclic) bond motifs is 1. The number of H-pyrrole nitrogens is 1. The molecule has 5 nitrogen and oxygen atoms in total. The number of carbonyl (C=O) groups is 2. The van der Waals surface area contributed by atoms with Crippen molar-refractivity contribution in [2.24, 2.45) is 0 Å². The van der Waals surface area contributed by atoms with Gasteiger partial charge in [0.2, 0.25) is 5.91 Å². The second kappa shape index (κ2) is 6.92. The number of aryl methyl sites for hydroxylation is 1. The van der Waals surface area contributed by atoms with Gasteiger partial charge in [0.1, 0.15) is 0 Å². The lowest BCUT2D eigenvalue weighted by Gasteiger charge is -2.16. The Hall–Kier alpha value is -2.30. The van der Waals surface area contributed by atoms with Gasteiger partial charge in [0.25, 0.3) is 0 Å². The number of carboxylic acids is 1. The van der Waals surface area contributed by atoms with Crippen molar-refractivity contribution < 1.29 is 14.7 Å². The minimum Gasteiger partial charge on any atom is -0.481 e. The number of carboxylic acid groups (broad SMARTS) is 1. The summed E-state index contributed by atoms with van der Waals surface area (Å²) >= 11 is 0. The molecule has 0 aliphatic heterocycles. The molecule has 0 saturated heterocycles. The maximum absolute atomic E-state index is 12.0. The van der Waals surface area contributed by atoms with E-state index in [1.807, 2.05) is 30.5 Å². The Labute approximate surface area is 123 Å². The molecule has 0 bridgehead atoms. The Morgan fingerprint density at radius 1 is 1.24 bits per heavy atom. The molecule has 0 atom stereocenters. The number of rotatable bonds is 7. The zero-order chi connectivity index (χ0) is 15.2. The number of aliphatic carboxylic acids is 1. The van der Waals surface area contributed by atoms with E-state index in [4.69, 9.17) is 5.11 Å². The molecule has 1 amide bonds. The van der Waals surface area contributed by atoms with E-state index in [9.17, 15) is 9.59 Å². The molecule has 1 aromatic heterocycles. The average Bonchev–Trinajstić information content (AvgIpc) is 2.87. The van der Waals surface area contributed by atoms with Gasteiger partial charge in [0.05, 0.1) is 0 Å². The maximum Gasteiger partial charge on any atom is 0.303 e. The van der Waals surface area contributed by atoms with E-state index in [0.29, 0.717) is 25.8 Å². The molecule has 1 aromatic carbocycles. The Morgan fingerprint density at radius 2 is 2.00 bits per heavy atom. The number of amides is 1. The second-order valence-corrected chi connectivity index (χ2v) is 5.17. The third-order valence-corrected chi connectivity index (χ3v) is 3.59. The van der Waals surface area contributed by atoms with Crippen LogP contribution in [-0.4, -0.2) is 40.5 Å². The monoisotopic (exact) mass is 288 g/mol. The summed E-state index contributed by atoms with van der Waals surface area (Å²) in [6.07, 6.45) is 3.66. The van der Waals surface area contributed by atoms with Crippen molar-refractivity contribution in [1.29, 1.82) is 0 Å². The van der Waals surface area contributed by atoms with Gasteiger partial charge in [-0.25, -0.2) is 0 Å². The molecule has 1 heterocycles. The molecule has 0 unspecified atom stereocenters. The fourth-order valence-corrected chi connectivity index (χ4v) is 2.36. The van der Waals surface area contributed by atoms with Gasteiger partial charge in [-0.3, -0.25) is 9.59 Å². The van der Waals surface area contributed by atoms with Crippen LogP contribution in [0.15, 0.2) is 30.5 Å². The van der Waals surface area contributed by atoms with Crippen LogP contribution in [0, 0.1) is 0 Å². The van der Waals surface area contributed by atoms with Gasteiger partial charge in [-0.05, 0) is 24.5 Å². The number of nitrogens with one attached hydrogen (secondary N) is 1. The van der Waals surface area contributed by atoms with Gasteiger partial charge in [-0.1, -0.05) is 18.2 Å². The zero-order valence-corrected chi connectivity index (χ0v) is 12.1. The highest BCUT2D eigenvalue weighted by Gasteiger charge is 2.11. The van der Waals surface area contributed by atoms with Crippen LogP contribution in [0.2, 0.25) is 0 Å². The topological polar surface area (TPSA) is 73.4 Å². The Balaban J connectivity index is 1.84. The largest absolute Gasteiger partial charge is 0.481 e. The third kappa shape index (κ3) is 4.08. The normalized spacial score (nSPS) is 10.7. The van der Waals surface area contributed by atoms with Crippen LogP contribution in [0.4, 0.5) is 0 Å². The first-order valence-corrected chi connectivity index (χ1v) is 7.08. The molecular weight excluding hydrogens is 268 g/mol. The van der Waals surface area contributed by atoms with Crippen molar-refractivity contribution in [3.8, 4) is 0 Å². The van der Waals surface area contributed by atoms with Crippen LogP contribution in [0.1, 0.15) is 24.8 Å². The summed E-state index contributed by atoms with van der Waals surface area (Å²) in [4.78, 5) is 27.3. The number of carbonyl (C=O) groups excluding carboxylic acids is 1. The molecule has 0 aliphatic rings. The molecule has 2 rings (SSSR count). The van der Waals surface area contributed by atoms with Gasteiger partial charge < -0.3 is 15.0 Å². The minimum absolute atomic E-state index is 0.0469. The van der Waals surface area contributed by atoms with Crippen molar-refractivity contribution >= 4 is 22.8 Å². The van der Waals surface area contributed by atoms with E-state index in [2.05, 4.69) is 4.98 Å². The van der Waals surface area contributed by atoms with E-state index >= 15 is 0 Å². The summed E-state index contributed by atoms with van der Waals surface area (Å²) in [6.45, 7) is 0.485. The molecule has 0 spiro atoms. The van der Waals surface area contributed by atoms with Crippen LogP contribution in [0.5, 0.6) is 0 Å². The highest BCUT2D eigenvalue weighted by molar-refractivity contribution is 5.84. The van der Waals surface area contributed by atoms with E-state index in [0.717, 1.165) is 16.5 Å². The first kappa shape index (κ1) is 15.1. The van der Waals surface area contributed by atoms with Crippen LogP contribution >= 0.6 is 0 Å². The summed E-state index contributed by atoms with van der Waals surface area (Å²) in [5.41, 5.74) is 2.22. The lowest BCUT2D eigenvalue weighted by atomic mass is 10.1. The van der Waals surface area contributed by atoms with Crippen LogP contribution in [0.3, 0.4) is 0 Å². The molecule has 0 aliphatic carbocycles. The number of nitrogens with zero attached hydrogens (tertiary/aromatic N) is 1. The SMILES string of the molecule is CN(CCCC(=O)O)C(=O)CCc1c[nH]c2ccccc12. The maximum atomic E-state index is 12.0. The smallest absolute Gasteiger partial charge is 0.303 e. The predicted molar refractivity (Wildman–Crippen MR) is 81.1 cm³/mol. The first-order valence-electron chi connectivity index (χ1n) is 7.08. The van der Waals surface area contributed by atoms with Crippen molar-refractivity contribution in [2.45, 2.75) is 25.7 Å². The Bertz CT molecular complexity index is 633. The van der Waals surface area contributed by atoms with Gasteiger partial charge in [-0.2, -0.15) is 0 Å². The number of aromatic amines is 1.